The highest BCUT2D eigenvalue weighted by Gasteiger charge is 1.86. The molecule has 0 saturated carbocycles. The molecule has 0 atom stereocenters. The van der Waals surface area contributed by atoms with Crippen LogP contribution in [0.5, 0.6) is 5.75 Å². The molecule has 78 valence electrons. The molecule has 1 rings (SSSR count). The summed E-state index contributed by atoms with van der Waals surface area (Å²) in [6, 6.07) is 6.42. The van der Waals surface area contributed by atoms with Crippen molar-refractivity contribution in [1.29, 1.82) is 0 Å². The van der Waals surface area contributed by atoms with E-state index in [0.717, 1.165) is 5.56 Å². The van der Waals surface area contributed by atoms with E-state index in [4.69, 9.17) is 14.7 Å². The Morgan fingerprint density at radius 2 is 1.64 bits per heavy atom. The third kappa shape index (κ3) is 9.96. The van der Waals surface area contributed by atoms with E-state index in [0.29, 0.717) is 5.75 Å². The van der Waals surface area contributed by atoms with E-state index >= 15 is 0 Å². The van der Waals surface area contributed by atoms with Gasteiger partial charge in [-0.1, -0.05) is 18.2 Å². The molecule has 0 unspecified atom stereocenters. The fourth-order valence-corrected chi connectivity index (χ4v) is 0.563. The van der Waals surface area contributed by atoms with Gasteiger partial charge in [0.1, 0.15) is 12.5 Å². The Morgan fingerprint density at radius 1 is 1.29 bits per heavy atom. The number of aryl methyl sites for hydroxylation is 1. The van der Waals surface area contributed by atoms with Crippen LogP contribution in [0.15, 0.2) is 24.3 Å². The molecule has 5 nitrogen and oxygen atoms in total. The largest absolute Gasteiger partial charge is 0.508 e. The summed E-state index contributed by atoms with van der Waals surface area (Å²) in [4.78, 5) is 17.0. The van der Waals surface area contributed by atoms with E-state index in [1.807, 2.05) is 31.9 Å². The molecule has 0 saturated heterocycles. The summed E-state index contributed by atoms with van der Waals surface area (Å²) in [5.41, 5.74) is 9.42. The molecule has 0 aromatic heterocycles. The predicted molar refractivity (Wildman–Crippen MR) is 53.7 cm³/mol. The molecule has 14 heavy (non-hydrogen) atoms. The lowest BCUT2D eigenvalue weighted by molar-refractivity contribution is -0.0979. The summed E-state index contributed by atoms with van der Waals surface area (Å²) >= 11 is 0. The molecule has 0 aliphatic heterocycles. The summed E-state index contributed by atoms with van der Waals surface area (Å²) in [6.45, 7) is 3.87. The monoisotopic (exact) mass is 198 g/mol. The van der Waals surface area contributed by atoms with Crippen LogP contribution in [0.1, 0.15) is 5.56 Å². The van der Waals surface area contributed by atoms with Crippen molar-refractivity contribution in [3.8, 4) is 5.75 Å². The lowest BCUT2D eigenvalue weighted by Gasteiger charge is -1.92. The molecule has 0 aliphatic rings. The van der Waals surface area contributed by atoms with Crippen molar-refractivity contribution in [2.75, 3.05) is 0 Å². The maximum Gasteiger partial charge on any atom is 0.309 e. The van der Waals surface area contributed by atoms with Gasteiger partial charge in [0.05, 0.1) is 0 Å². The first-order chi connectivity index (χ1) is 6.54. The second kappa shape index (κ2) is 9.05. The van der Waals surface area contributed by atoms with Crippen molar-refractivity contribution in [2.24, 2.45) is 11.5 Å². The SMILES string of the molecule is C=O.Cc1ccccc1O.NC(N)=O. The van der Waals surface area contributed by atoms with Gasteiger partial charge in [-0.15, -0.1) is 0 Å². The van der Waals surface area contributed by atoms with Crippen LogP contribution in [0.4, 0.5) is 4.79 Å². The number of benzene rings is 1. The highest BCUT2D eigenvalue weighted by molar-refractivity contribution is 5.69. The summed E-state index contributed by atoms with van der Waals surface area (Å²) in [6.07, 6.45) is 0. The molecule has 0 heterocycles. The number of amides is 2. The fourth-order valence-electron chi connectivity index (χ4n) is 0.563. The second-order valence-corrected chi connectivity index (χ2v) is 2.19. The number of hydrogen-bond donors (Lipinski definition) is 3. The van der Waals surface area contributed by atoms with Crippen molar-refractivity contribution in [3.05, 3.63) is 29.8 Å². The highest BCUT2D eigenvalue weighted by atomic mass is 16.3. The minimum atomic E-state index is -0.833. The zero-order chi connectivity index (χ0) is 11.6. The topological polar surface area (TPSA) is 106 Å². The van der Waals surface area contributed by atoms with Crippen LogP contribution in [-0.4, -0.2) is 17.9 Å². The maximum absolute atomic E-state index is 9.00. The summed E-state index contributed by atoms with van der Waals surface area (Å²) < 4.78 is 0. The Kier molecular flexibility index (Phi) is 9.36. The normalized spacial score (nSPS) is 7.21. The number of phenolic OH excluding ortho intramolecular Hbond substituents is 1. The van der Waals surface area contributed by atoms with Gasteiger partial charge in [0.2, 0.25) is 0 Å². The average molecular weight is 198 g/mol. The smallest absolute Gasteiger partial charge is 0.309 e. The molecule has 0 radical (unpaired) electrons. The zero-order valence-corrected chi connectivity index (χ0v) is 7.93. The van der Waals surface area contributed by atoms with E-state index in [1.54, 1.807) is 6.07 Å². The highest BCUT2D eigenvalue weighted by Crippen LogP contribution is 2.12. The minimum Gasteiger partial charge on any atom is -0.508 e. The van der Waals surface area contributed by atoms with Gasteiger partial charge in [-0.2, -0.15) is 0 Å². The van der Waals surface area contributed by atoms with Crippen molar-refractivity contribution >= 4 is 12.8 Å². The van der Waals surface area contributed by atoms with Crippen molar-refractivity contribution in [2.45, 2.75) is 6.92 Å². The number of primary amides is 2. The molecule has 0 aliphatic carbocycles. The van der Waals surface area contributed by atoms with Gasteiger partial charge in [-0.25, -0.2) is 4.79 Å². The third-order valence-electron chi connectivity index (χ3n) is 1.12. The Hall–Kier alpha value is -2.04. The molecular weight excluding hydrogens is 184 g/mol. The molecule has 5 N–H and O–H groups in total. The lowest BCUT2D eigenvalue weighted by atomic mass is 10.2. The lowest BCUT2D eigenvalue weighted by Crippen LogP contribution is -2.18. The number of hydrogen-bond acceptors (Lipinski definition) is 3. The number of rotatable bonds is 0. The van der Waals surface area contributed by atoms with Crippen LogP contribution in [0.3, 0.4) is 0 Å². The van der Waals surface area contributed by atoms with Gasteiger partial charge in [0.15, 0.2) is 0 Å². The minimum absolute atomic E-state index is 0.368. The van der Waals surface area contributed by atoms with Crippen LogP contribution < -0.4 is 11.5 Å². The standard InChI is InChI=1S/C7H8O.CH4N2O.CH2O/c1-6-4-2-3-5-7(6)8;2-1(3)4;1-2/h2-5,8H,1H3;(H4,2,3,4);1H2. The molecule has 0 bridgehead atoms. The van der Waals surface area contributed by atoms with E-state index in [9.17, 15) is 0 Å². The van der Waals surface area contributed by atoms with E-state index in [1.165, 1.54) is 0 Å². The molecule has 2 amide bonds. The van der Waals surface area contributed by atoms with E-state index in [-0.39, 0.29) is 0 Å². The van der Waals surface area contributed by atoms with Crippen LogP contribution >= 0.6 is 0 Å². The number of carbonyl (C=O) groups is 2. The summed E-state index contributed by atoms with van der Waals surface area (Å²) in [5.74, 6) is 0.368. The second-order valence-electron chi connectivity index (χ2n) is 2.19. The molecule has 0 fully saturated rings. The predicted octanol–water partition coefficient (Wildman–Crippen LogP) is 0.540. The number of carbonyl (C=O) groups excluding carboxylic acids is 2. The van der Waals surface area contributed by atoms with Gasteiger partial charge in [0, 0.05) is 0 Å². The van der Waals surface area contributed by atoms with Gasteiger partial charge in [-0.05, 0) is 18.6 Å². The summed E-state index contributed by atoms with van der Waals surface area (Å²) in [5, 5.41) is 8.92. The van der Waals surface area contributed by atoms with Gasteiger partial charge in [0.25, 0.3) is 0 Å². The van der Waals surface area contributed by atoms with Crippen LogP contribution in [0, 0.1) is 6.92 Å². The Morgan fingerprint density at radius 3 is 1.86 bits per heavy atom. The first-order valence-corrected chi connectivity index (χ1v) is 3.62. The molecule has 5 heteroatoms. The number of aromatic hydroxyl groups is 1. The van der Waals surface area contributed by atoms with Gasteiger partial charge >= 0.3 is 6.03 Å². The fraction of sp³-hybridized carbons (Fsp3) is 0.111. The Bertz CT molecular complexity index is 252. The Labute approximate surface area is 82.3 Å². The van der Waals surface area contributed by atoms with Crippen molar-refractivity contribution < 1.29 is 14.7 Å². The number of nitrogens with two attached hydrogens (primary N) is 2. The first kappa shape index (κ1) is 14.5. The van der Waals surface area contributed by atoms with Crippen molar-refractivity contribution in [3.63, 3.8) is 0 Å². The van der Waals surface area contributed by atoms with Crippen LogP contribution in [0.2, 0.25) is 0 Å². The third-order valence-corrected chi connectivity index (χ3v) is 1.12. The van der Waals surface area contributed by atoms with Gasteiger partial charge < -0.3 is 21.4 Å². The number of urea groups is 1. The van der Waals surface area contributed by atoms with Crippen LogP contribution in [-0.2, 0) is 4.79 Å². The number of para-hydroxylation sites is 1. The maximum atomic E-state index is 9.00. The van der Waals surface area contributed by atoms with E-state index < -0.39 is 6.03 Å². The summed E-state index contributed by atoms with van der Waals surface area (Å²) in [7, 11) is 0. The zero-order valence-electron chi connectivity index (χ0n) is 7.93. The Balaban J connectivity index is 0. The number of phenols is 1. The quantitative estimate of drug-likeness (QED) is 0.566. The van der Waals surface area contributed by atoms with Crippen LogP contribution in [0.25, 0.3) is 0 Å². The molecular formula is C9H14N2O3. The first-order valence-electron chi connectivity index (χ1n) is 3.62. The van der Waals surface area contributed by atoms with Crippen molar-refractivity contribution in [1.82, 2.24) is 0 Å². The molecule has 1 aromatic rings. The average Bonchev–Trinajstić information content (AvgIpc) is 2.13. The molecule has 1 aromatic carbocycles. The molecule has 0 spiro atoms. The van der Waals surface area contributed by atoms with E-state index in [2.05, 4.69) is 11.5 Å². The van der Waals surface area contributed by atoms with Gasteiger partial charge in [-0.3, -0.25) is 0 Å².